The predicted molar refractivity (Wildman–Crippen MR) is 142 cm³/mol. The van der Waals surface area contributed by atoms with Gasteiger partial charge in [0.1, 0.15) is 0 Å². The average Bonchev–Trinajstić information content (AvgIpc) is 3.01. The van der Waals surface area contributed by atoms with Gasteiger partial charge in [-0.1, -0.05) is 107 Å². The Kier molecular flexibility index (Phi) is 5.16. The van der Waals surface area contributed by atoms with Crippen molar-refractivity contribution in [2.75, 3.05) is 5.32 Å². The summed E-state index contributed by atoms with van der Waals surface area (Å²) >= 11 is 0. The van der Waals surface area contributed by atoms with Crippen LogP contribution in [0.15, 0.2) is 91.0 Å². The Morgan fingerprint density at radius 1 is 0.697 bits per heavy atom. The second kappa shape index (κ2) is 7.92. The summed E-state index contributed by atoms with van der Waals surface area (Å²) in [5.74, 6) is 0. The molecule has 1 N–H and O–H groups in total. The van der Waals surface area contributed by atoms with Crippen LogP contribution in [0, 0.1) is 5.41 Å². The summed E-state index contributed by atoms with van der Waals surface area (Å²) in [6.45, 7) is 11.6. The zero-order valence-electron chi connectivity index (χ0n) is 20.4. The van der Waals surface area contributed by atoms with Gasteiger partial charge >= 0.3 is 0 Å². The van der Waals surface area contributed by atoms with Crippen molar-refractivity contribution >= 4 is 11.4 Å². The summed E-state index contributed by atoms with van der Waals surface area (Å²) < 4.78 is 0. The first-order valence-electron chi connectivity index (χ1n) is 11.9. The fourth-order valence-electron chi connectivity index (χ4n) is 5.31. The highest BCUT2D eigenvalue weighted by Gasteiger charge is 2.35. The van der Waals surface area contributed by atoms with Crippen molar-refractivity contribution in [2.24, 2.45) is 5.41 Å². The van der Waals surface area contributed by atoms with Gasteiger partial charge in [-0.25, -0.2) is 0 Å². The normalized spacial score (nSPS) is 14.0. The second-order valence-corrected chi connectivity index (χ2v) is 11.0. The number of fused-ring (bicyclic) bond motifs is 3. The molecule has 0 saturated heterocycles. The van der Waals surface area contributed by atoms with Crippen molar-refractivity contribution in [1.82, 2.24) is 0 Å². The summed E-state index contributed by atoms with van der Waals surface area (Å²) in [5, 5.41) is 3.79. The molecule has 0 fully saturated rings. The molecule has 5 rings (SSSR count). The third-order valence-corrected chi connectivity index (χ3v) is 6.80. The van der Waals surface area contributed by atoms with Crippen molar-refractivity contribution in [3.8, 4) is 22.3 Å². The Bertz CT molecular complexity index is 1310. The van der Waals surface area contributed by atoms with E-state index in [4.69, 9.17) is 0 Å². The maximum atomic E-state index is 3.79. The van der Waals surface area contributed by atoms with Gasteiger partial charge in [-0.15, -0.1) is 0 Å². The molecule has 33 heavy (non-hydrogen) atoms. The summed E-state index contributed by atoms with van der Waals surface area (Å²) in [4.78, 5) is 0. The third kappa shape index (κ3) is 3.97. The zero-order valence-corrected chi connectivity index (χ0v) is 20.4. The Morgan fingerprint density at radius 2 is 1.39 bits per heavy atom. The zero-order chi connectivity index (χ0) is 23.2. The van der Waals surface area contributed by atoms with E-state index in [2.05, 4.69) is 131 Å². The minimum atomic E-state index is -0.0000400. The van der Waals surface area contributed by atoms with Crippen molar-refractivity contribution in [3.63, 3.8) is 0 Å². The smallest absolute Gasteiger partial charge is 0.0466 e. The van der Waals surface area contributed by atoms with E-state index in [1.165, 1.54) is 38.9 Å². The maximum Gasteiger partial charge on any atom is 0.0466 e. The van der Waals surface area contributed by atoms with Crippen LogP contribution in [0.25, 0.3) is 22.3 Å². The Hall–Kier alpha value is -3.32. The number of hydrogen-bond acceptors (Lipinski definition) is 1. The molecule has 0 saturated carbocycles. The third-order valence-electron chi connectivity index (χ3n) is 6.80. The fourth-order valence-corrected chi connectivity index (χ4v) is 5.31. The topological polar surface area (TPSA) is 12.0 Å². The molecule has 4 aromatic rings. The van der Waals surface area contributed by atoms with Crippen LogP contribution in [0.2, 0.25) is 0 Å². The summed E-state index contributed by atoms with van der Waals surface area (Å²) in [7, 11) is 0. The van der Waals surface area contributed by atoms with Gasteiger partial charge in [0.2, 0.25) is 0 Å². The highest BCUT2D eigenvalue weighted by molar-refractivity contribution is 5.86. The van der Waals surface area contributed by atoms with Crippen molar-refractivity contribution < 1.29 is 0 Å². The van der Waals surface area contributed by atoms with Crippen LogP contribution < -0.4 is 5.32 Å². The lowest BCUT2D eigenvalue weighted by atomic mass is 9.82. The predicted octanol–water partition coefficient (Wildman–Crippen LogP) is 8.99. The van der Waals surface area contributed by atoms with Gasteiger partial charge in [-0.05, 0) is 63.4 Å². The highest BCUT2D eigenvalue weighted by atomic mass is 14.9. The van der Waals surface area contributed by atoms with E-state index in [0.29, 0.717) is 0 Å². The number of hydrogen-bond donors (Lipinski definition) is 1. The second-order valence-electron chi connectivity index (χ2n) is 11.0. The van der Waals surface area contributed by atoms with E-state index in [1.807, 2.05) is 0 Å². The Labute approximate surface area is 198 Å². The molecule has 1 heteroatoms. The minimum Gasteiger partial charge on any atom is -0.355 e. The van der Waals surface area contributed by atoms with E-state index in [-0.39, 0.29) is 10.8 Å². The van der Waals surface area contributed by atoms with Crippen LogP contribution in [0.5, 0.6) is 0 Å². The first kappa shape index (κ1) is 21.5. The lowest BCUT2D eigenvalue weighted by molar-refractivity contribution is 0.412. The number of rotatable bonds is 4. The van der Waals surface area contributed by atoms with Crippen LogP contribution in [-0.2, 0) is 11.8 Å². The van der Waals surface area contributed by atoms with Crippen molar-refractivity contribution in [2.45, 2.75) is 46.5 Å². The van der Waals surface area contributed by atoms with E-state index in [9.17, 15) is 0 Å². The standard InChI is InChI=1S/C32H33N/c1-31(2,3)21-23-14-11-17-29(30(23)22-12-7-6-8-13-22)33-24-18-19-26-25-15-9-10-16-27(25)32(4,5)28(26)20-24/h6-20,33H,21H2,1-5H3. The van der Waals surface area contributed by atoms with E-state index in [1.54, 1.807) is 0 Å². The molecule has 0 radical (unpaired) electrons. The molecule has 1 aliphatic rings. The van der Waals surface area contributed by atoms with Gasteiger partial charge < -0.3 is 5.32 Å². The lowest BCUT2D eigenvalue weighted by Gasteiger charge is -2.24. The average molecular weight is 432 g/mol. The van der Waals surface area contributed by atoms with Gasteiger partial charge in [-0.3, -0.25) is 0 Å². The first-order valence-corrected chi connectivity index (χ1v) is 11.9. The molecular weight excluding hydrogens is 398 g/mol. The molecule has 0 spiro atoms. The molecule has 1 aliphatic carbocycles. The molecular formula is C32H33N. The highest BCUT2D eigenvalue weighted by Crippen LogP contribution is 2.49. The van der Waals surface area contributed by atoms with E-state index >= 15 is 0 Å². The summed E-state index contributed by atoms with van der Waals surface area (Å²) in [6.07, 6.45) is 1.03. The van der Waals surface area contributed by atoms with Gasteiger partial charge in [0.05, 0.1) is 0 Å². The number of nitrogens with one attached hydrogen (secondary N) is 1. The molecule has 0 atom stereocenters. The molecule has 1 nitrogen and oxygen atoms in total. The van der Waals surface area contributed by atoms with Crippen molar-refractivity contribution in [1.29, 1.82) is 0 Å². The van der Waals surface area contributed by atoms with Crippen LogP contribution >= 0.6 is 0 Å². The van der Waals surface area contributed by atoms with Gasteiger partial charge in [0.15, 0.2) is 0 Å². The summed E-state index contributed by atoms with van der Waals surface area (Å²) in [5.41, 5.74) is 12.0. The van der Waals surface area contributed by atoms with Crippen LogP contribution in [0.3, 0.4) is 0 Å². The molecule has 0 bridgehead atoms. The van der Waals surface area contributed by atoms with Crippen LogP contribution in [0.4, 0.5) is 11.4 Å². The Balaban J connectivity index is 1.59. The van der Waals surface area contributed by atoms with Gasteiger partial charge in [0, 0.05) is 22.4 Å². The molecule has 0 aliphatic heterocycles. The van der Waals surface area contributed by atoms with E-state index < -0.39 is 0 Å². The molecule has 0 heterocycles. The van der Waals surface area contributed by atoms with Crippen molar-refractivity contribution in [3.05, 3.63) is 108 Å². The first-order chi connectivity index (χ1) is 15.7. The molecule has 0 aromatic heterocycles. The molecule has 4 aromatic carbocycles. The SMILES string of the molecule is CC(C)(C)Cc1cccc(Nc2ccc3c(c2)C(C)(C)c2ccccc2-3)c1-c1ccccc1. The largest absolute Gasteiger partial charge is 0.355 e. The minimum absolute atomic E-state index is 0.0000400. The van der Waals surface area contributed by atoms with E-state index in [0.717, 1.165) is 17.8 Å². The Morgan fingerprint density at radius 3 is 2.15 bits per heavy atom. The quantitative estimate of drug-likeness (QED) is 0.340. The number of benzene rings is 4. The van der Waals surface area contributed by atoms with Gasteiger partial charge in [0.25, 0.3) is 0 Å². The van der Waals surface area contributed by atoms with Crippen LogP contribution in [0.1, 0.15) is 51.3 Å². The summed E-state index contributed by atoms with van der Waals surface area (Å²) in [6, 6.07) is 33.1. The maximum absolute atomic E-state index is 3.79. The molecule has 166 valence electrons. The molecule has 0 amide bonds. The fraction of sp³-hybridized carbons (Fsp3) is 0.250. The monoisotopic (exact) mass is 431 g/mol. The lowest BCUT2D eigenvalue weighted by Crippen LogP contribution is -2.15. The van der Waals surface area contributed by atoms with Gasteiger partial charge in [-0.2, -0.15) is 0 Å². The molecule has 0 unspecified atom stereocenters. The number of anilines is 2. The van der Waals surface area contributed by atoms with Crippen LogP contribution in [-0.4, -0.2) is 0 Å².